The maximum Gasteiger partial charge on any atom is 0.238 e. The van der Waals surface area contributed by atoms with E-state index < -0.39 is 0 Å². The van der Waals surface area contributed by atoms with Crippen molar-refractivity contribution in [2.24, 2.45) is 0 Å². The Hall–Kier alpha value is -2.18. The molecule has 134 valence electrons. The third kappa shape index (κ3) is 3.75. The van der Waals surface area contributed by atoms with E-state index in [2.05, 4.69) is 17.3 Å². The fourth-order valence-electron chi connectivity index (χ4n) is 3.43. The molecule has 1 saturated heterocycles. The summed E-state index contributed by atoms with van der Waals surface area (Å²) in [7, 11) is 0. The number of aromatic nitrogens is 2. The first-order valence-corrected chi connectivity index (χ1v) is 8.77. The van der Waals surface area contributed by atoms with Crippen molar-refractivity contribution in [2.45, 2.75) is 39.7 Å². The number of rotatable bonds is 5. The zero-order valence-electron chi connectivity index (χ0n) is 15.1. The quantitative estimate of drug-likeness (QED) is 0.874. The van der Waals surface area contributed by atoms with E-state index in [1.807, 2.05) is 47.7 Å². The predicted molar refractivity (Wildman–Crippen MR) is 98.1 cm³/mol. The van der Waals surface area contributed by atoms with E-state index in [1.165, 1.54) is 5.56 Å². The highest BCUT2D eigenvalue weighted by atomic mass is 16.3. The monoisotopic (exact) mass is 342 g/mol. The molecule has 0 bridgehead atoms. The number of aryl methyl sites for hydroxylation is 2. The molecule has 6 nitrogen and oxygen atoms in total. The van der Waals surface area contributed by atoms with Crippen LogP contribution in [0, 0.1) is 20.8 Å². The van der Waals surface area contributed by atoms with Gasteiger partial charge in [-0.15, -0.1) is 0 Å². The molecule has 1 aliphatic rings. The first-order valence-electron chi connectivity index (χ1n) is 8.77. The number of nitrogens with zero attached hydrogens (tertiary/aromatic N) is 3. The molecule has 2 heterocycles. The lowest BCUT2D eigenvalue weighted by atomic mass is 10.2. The second-order valence-corrected chi connectivity index (χ2v) is 6.79. The average molecular weight is 342 g/mol. The van der Waals surface area contributed by atoms with E-state index in [0.717, 1.165) is 42.1 Å². The van der Waals surface area contributed by atoms with Gasteiger partial charge in [0.05, 0.1) is 35.9 Å². The summed E-state index contributed by atoms with van der Waals surface area (Å²) < 4.78 is 1.86. The van der Waals surface area contributed by atoms with E-state index in [4.69, 9.17) is 0 Å². The number of likely N-dealkylation sites (tertiary alicyclic amines) is 1. The van der Waals surface area contributed by atoms with Gasteiger partial charge < -0.3 is 10.4 Å². The molecule has 1 aliphatic heterocycles. The van der Waals surface area contributed by atoms with Crippen molar-refractivity contribution < 1.29 is 9.90 Å². The molecule has 0 aliphatic carbocycles. The standard InChI is InChI=1S/C19H26N4O2/c1-13-6-8-16(9-7-13)23-15(3)19(14(2)21-23)20-18(25)11-22-10-4-5-17(22)12-24/h6-9,17,24H,4-5,10-12H2,1-3H3,(H,20,25)/t17-/m1/s1. The second kappa shape index (κ2) is 7.37. The summed E-state index contributed by atoms with van der Waals surface area (Å²) in [6, 6.07) is 8.24. The number of aliphatic hydroxyl groups excluding tert-OH is 1. The first-order chi connectivity index (χ1) is 12.0. The molecule has 1 fully saturated rings. The van der Waals surface area contributed by atoms with Crippen LogP contribution in [0.3, 0.4) is 0 Å². The van der Waals surface area contributed by atoms with E-state index in [1.54, 1.807) is 0 Å². The zero-order chi connectivity index (χ0) is 18.0. The predicted octanol–water partition coefficient (Wildman–Crippen LogP) is 2.19. The molecule has 1 aromatic heterocycles. The van der Waals surface area contributed by atoms with Crippen molar-refractivity contribution >= 4 is 11.6 Å². The molecule has 1 amide bonds. The Kier molecular flexibility index (Phi) is 5.20. The molecule has 2 aromatic rings. The van der Waals surface area contributed by atoms with Crippen molar-refractivity contribution in [3.8, 4) is 5.69 Å². The summed E-state index contributed by atoms with van der Waals surface area (Å²) in [5.41, 5.74) is 4.65. The molecule has 3 rings (SSSR count). The van der Waals surface area contributed by atoms with Gasteiger partial charge in [0.25, 0.3) is 0 Å². The van der Waals surface area contributed by atoms with E-state index in [9.17, 15) is 9.90 Å². The third-order valence-electron chi connectivity index (χ3n) is 4.89. The topological polar surface area (TPSA) is 70.4 Å². The number of aliphatic hydroxyl groups is 1. The van der Waals surface area contributed by atoms with Gasteiger partial charge in [0.2, 0.25) is 5.91 Å². The van der Waals surface area contributed by atoms with Gasteiger partial charge in [-0.05, 0) is 52.3 Å². The second-order valence-electron chi connectivity index (χ2n) is 6.79. The number of hydrogen-bond acceptors (Lipinski definition) is 4. The Morgan fingerprint density at radius 2 is 2.00 bits per heavy atom. The highest BCUT2D eigenvalue weighted by molar-refractivity contribution is 5.93. The Balaban J connectivity index is 1.74. The minimum atomic E-state index is -0.0602. The van der Waals surface area contributed by atoms with Gasteiger partial charge in [-0.3, -0.25) is 9.69 Å². The third-order valence-corrected chi connectivity index (χ3v) is 4.89. The maximum atomic E-state index is 12.5. The number of amides is 1. The van der Waals surface area contributed by atoms with Gasteiger partial charge in [-0.1, -0.05) is 17.7 Å². The molecule has 0 unspecified atom stereocenters. The number of nitrogens with one attached hydrogen (secondary N) is 1. The largest absolute Gasteiger partial charge is 0.395 e. The summed E-state index contributed by atoms with van der Waals surface area (Å²) in [5.74, 6) is -0.0602. The van der Waals surface area contributed by atoms with Crippen molar-refractivity contribution in [2.75, 3.05) is 25.0 Å². The van der Waals surface area contributed by atoms with E-state index >= 15 is 0 Å². The number of carbonyl (C=O) groups is 1. The van der Waals surface area contributed by atoms with Gasteiger partial charge in [-0.2, -0.15) is 5.10 Å². The summed E-state index contributed by atoms with van der Waals surface area (Å²) in [6.07, 6.45) is 1.98. The molecule has 6 heteroatoms. The van der Waals surface area contributed by atoms with Crippen LogP contribution in [0.5, 0.6) is 0 Å². The van der Waals surface area contributed by atoms with Crippen LogP contribution in [0.2, 0.25) is 0 Å². The molecular formula is C19H26N4O2. The Morgan fingerprint density at radius 1 is 1.28 bits per heavy atom. The highest BCUT2D eigenvalue weighted by Gasteiger charge is 2.26. The van der Waals surface area contributed by atoms with Crippen LogP contribution in [-0.4, -0.2) is 51.4 Å². The first kappa shape index (κ1) is 17.6. The van der Waals surface area contributed by atoms with Crippen LogP contribution < -0.4 is 5.32 Å². The van der Waals surface area contributed by atoms with Gasteiger partial charge in [0, 0.05) is 6.04 Å². The smallest absolute Gasteiger partial charge is 0.238 e. The van der Waals surface area contributed by atoms with E-state index in [-0.39, 0.29) is 18.6 Å². The van der Waals surface area contributed by atoms with Crippen LogP contribution in [0.25, 0.3) is 5.69 Å². The molecule has 0 saturated carbocycles. The molecule has 25 heavy (non-hydrogen) atoms. The van der Waals surface area contributed by atoms with Crippen LogP contribution >= 0.6 is 0 Å². The van der Waals surface area contributed by atoms with Crippen molar-refractivity contribution in [1.29, 1.82) is 0 Å². The van der Waals surface area contributed by atoms with Crippen LogP contribution in [0.15, 0.2) is 24.3 Å². The lowest BCUT2D eigenvalue weighted by molar-refractivity contribution is -0.117. The minimum Gasteiger partial charge on any atom is -0.395 e. The van der Waals surface area contributed by atoms with Crippen LogP contribution in [0.4, 0.5) is 5.69 Å². The minimum absolute atomic E-state index is 0.0602. The van der Waals surface area contributed by atoms with Crippen molar-refractivity contribution in [1.82, 2.24) is 14.7 Å². The molecule has 1 atom stereocenters. The Morgan fingerprint density at radius 3 is 2.68 bits per heavy atom. The van der Waals surface area contributed by atoms with Crippen molar-refractivity contribution in [3.05, 3.63) is 41.2 Å². The number of carbonyl (C=O) groups excluding carboxylic acids is 1. The normalized spacial score (nSPS) is 17.8. The fraction of sp³-hybridized carbons (Fsp3) is 0.474. The number of benzene rings is 1. The maximum absolute atomic E-state index is 12.5. The zero-order valence-corrected chi connectivity index (χ0v) is 15.1. The highest BCUT2D eigenvalue weighted by Crippen LogP contribution is 2.23. The fourth-order valence-corrected chi connectivity index (χ4v) is 3.43. The summed E-state index contributed by atoms with van der Waals surface area (Å²) in [4.78, 5) is 14.5. The molecule has 1 aromatic carbocycles. The van der Waals surface area contributed by atoms with Gasteiger partial charge >= 0.3 is 0 Å². The van der Waals surface area contributed by atoms with Crippen LogP contribution in [0.1, 0.15) is 29.8 Å². The lowest BCUT2D eigenvalue weighted by Gasteiger charge is -2.21. The molecular weight excluding hydrogens is 316 g/mol. The van der Waals surface area contributed by atoms with Gasteiger partial charge in [0.1, 0.15) is 0 Å². The van der Waals surface area contributed by atoms with Gasteiger partial charge in [0.15, 0.2) is 0 Å². The van der Waals surface area contributed by atoms with Crippen LogP contribution in [-0.2, 0) is 4.79 Å². The van der Waals surface area contributed by atoms with Crippen molar-refractivity contribution in [3.63, 3.8) is 0 Å². The molecule has 0 spiro atoms. The number of hydrogen-bond donors (Lipinski definition) is 2. The summed E-state index contributed by atoms with van der Waals surface area (Å²) in [5, 5.41) is 17.0. The Labute approximate surface area is 148 Å². The van der Waals surface area contributed by atoms with Gasteiger partial charge in [-0.25, -0.2) is 4.68 Å². The average Bonchev–Trinajstić information content (AvgIpc) is 3.14. The summed E-state index contributed by atoms with van der Waals surface area (Å²) in [6.45, 7) is 7.19. The van der Waals surface area contributed by atoms with E-state index in [0.29, 0.717) is 6.54 Å². The Bertz CT molecular complexity index is 752. The molecule has 2 N–H and O–H groups in total. The SMILES string of the molecule is Cc1ccc(-n2nc(C)c(NC(=O)CN3CCC[C@@H]3CO)c2C)cc1. The molecule has 0 radical (unpaired) electrons. The lowest BCUT2D eigenvalue weighted by Crippen LogP contribution is -2.38. The number of anilines is 1. The summed E-state index contributed by atoms with van der Waals surface area (Å²) >= 11 is 0.